The minimum atomic E-state index is 0.0358. The van der Waals surface area contributed by atoms with Crippen LogP contribution in [0.1, 0.15) is 24.9 Å². The van der Waals surface area contributed by atoms with Crippen molar-refractivity contribution < 1.29 is 0 Å². The maximum absolute atomic E-state index is 11.7. The first-order valence-corrected chi connectivity index (χ1v) is 5.30. The second kappa shape index (κ2) is 5.07. The van der Waals surface area contributed by atoms with Gasteiger partial charge in [-0.2, -0.15) is 0 Å². The zero-order valence-corrected chi connectivity index (χ0v) is 9.87. The molecular weight excluding hydrogens is 190 g/mol. The molecule has 0 aliphatic heterocycles. The molecule has 0 bridgehead atoms. The summed E-state index contributed by atoms with van der Waals surface area (Å²) in [7, 11) is 1.91. The van der Waals surface area contributed by atoms with Gasteiger partial charge in [-0.3, -0.25) is 9.36 Å². The fourth-order valence-corrected chi connectivity index (χ4v) is 1.63. The van der Waals surface area contributed by atoms with Gasteiger partial charge in [-0.05, 0) is 27.3 Å². The third-order valence-electron chi connectivity index (χ3n) is 2.63. The Labute approximate surface area is 90.3 Å². The first-order chi connectivity index (χ1) is 7.08. The molecule has 0 saturated carbocycles. The largest absolute Gasteiger partial charge is 0.315 e. The molecule has 1 rings (SSSR count). The molecule has 1 N–H and O–H groups in total. The molecule has 0 aliphatic carbocycles. The molecule has 4 nitrogen and oxygen atoms in total. The lowest BCUT2D eigenvalue weighted by molar-refractivity contribution is 0.450. The summed E-state index contributed by atoms with van der Waals surface area (Å²) >= 11 is 0. The lowest BCUT2D eigenvalue weighted by atomic mass is 10.2. The fraction of sp³-hybridized carbons (Fsp3) is 0.636. The maximum atomic E-state index is 11.7. The van der Waals surface area contributed by atoms with Crippen LogP contribution in [-0.2, 0) is 6.54 Å². The van der Waals surface area contributed by atoms with E-state index in [0.717, 1.165) is 17.9 Å². The third kappa shape index (κ3) is 2.89. The number of aryl methyl sites for hydroxylation is 2. The lowest BCUT2D eigenvalue weighted by Crippen LogP contribution is -2.35. The maximum Gasteiger partial charge on any atom is 0.253 e. The molecule has 1 unspecified atom stereocenters. The van der Waals surface area contributed by atoms with Crippen molar-refractivity contribution in [3.63, 3.8) is 0 Å². The van der Waals surface area contributed by atoms with Gasteiger partial charge >= 0.3 is 0 Å². The molecule has 0 fully saturated rings. The highest BCUT2D eigenvalue weighted by atomic mass is 16.1. The van der Waals surface area contributed by atoms with E-state index in [2.05, 4.69) is 17.2 Å². The summed E-state index contributed by atoms with van der Waals surface area (Å²) in [6.45, 7) is 6.50. The van der Waals surface area contributed by atoms with Crippen LogP contribution in [0.5, 0.6) is 0 Å². The van der Waals surface area contributed by atoms with Gasteiger partial charge in [0.1, 0.15) is 5.82 Å². The minimum absolute atomic E-state index is 0.0358. The summed E-state index contributed by atoms with van der Waals surface area (Å²) in [5, 5.41) is 3.18. The van der Waals surface area contributed by atoms with E-state index < -0.39 is 0 Å². The Hall–Kier alpha value is -1.16. The van der Waals surface area contributed by atoms with Crippen molar-refractivity contribution in [2.75, 3.05) is 7.05 Å². The van der Waals surface area contributed by atoms with Crippen molar-refractivity contribution in [3.05, 3.63) is 27.9 Å². The second-order valence-corrected chi connectivity index (χ2v) is 3.79. The van der Waals surface area contributed by atoms with E-state index in [-0.39, 0.29) is 5.56 Å². The Morgan fingerprint density at radius 3 is 2.67 bits per heavy atom. The molecule has 1 aromatic heterocycles. The number of aromatic nitrogens is 2. The number of hydrogen-bond donors (Lipinski definition) is 1. The van der Waals surface area contributed by atoms with Gasteiger partial charge in [-0.25, -0.2) is 4.98 Å². The molecule has 15 heavy (non-hydrogen) atoms. The summed E-state index contributed by atoms with van der Waals surface area (Å²) in [6, 6.07) is 1.90. The number of likely N-dealkylation sites (N-methyl/N-ethyl adjacent to an activating group) is 1. The summed E-state index contributed by atoms with van der Waals surface area (Å²) in [4.78, 5) is 16.0. The van der Waals surface area contributed by atoms with Gasteiger partial charge in [-0.1, -0.05) is 6.92 Å². The Bertz CT molecular complexity index is 380. The summed E-state index contributed by atoms with van der Waals surface area (Å²) < 4.78 is 1.72. The molecule has 0 aliphatic rings. The van der Waals surface area contributed by atoms with Crippen molar-refractivity contribution >= 4 is 0 Å². The number of rotatable bonds is 4. The van der Waals surface area contributed by atoms with E-state index in [1.54, 1.807) is 10.6 Å². The smallest absolute Gasteiger partial charge is 0.253 e. The second-order valence-electron chi connectivity index (χ2n) is 3.79. The van der Waals surface area contributed by atoms with Gasteiger partial charge < -0.3 is 5.32 Å². The van der Waals surface area contributed by atoms with Crippen LogP contribution in [0, 0.1) is 13.8 Å². The van der Waals surface area contributed by atoms with E-state index >= 15 is 0 Å². The van der Waals surface area contributed by atoms with E-state index in [4.69, 9.17) is 0 Å². The molecular formula is C11H19N3O. The normalized spacial score (nSPS) is 12.8. The number of nitrogens with zero attached hydrogens (tertiary/aromatic N) is 2. The van der Waals surface area contributed by atoms with Crippen molar-refractivity contribution in [2.24, 2.45) is 0 Å². The minimum Gasteiger partial charge on any atom is -0.315 e. The van der Waals surface area contributed by atoms with Crippen molar-refractivity contribution in [2.45, 2.75) is 39.8 Å². The highest BCUT2D eigenvalue weighted by Gasteiger charge is 2.08. The van der Waals surface area contributed by atoms with E-state index in [1.165, 1.54) is 0 Å². The van der Waals surface area contributed by atoms with Gasteiger partial charge in [0.25, 0.3) is 5.56 Å². The molecule has 1 heterocycles. The van der Waals surface area contributed by atoms with Gasteiger partial charge in [0.15, 0.2) is 0 Å². The zero-order chi connectivity index (χ0) is 11.4. The van der Waals surface area contributed by atoms with Crippen LogP contribution >= 0.6 is 0 Å². The van der Waals surface area contributed by atoms with Crippen LogP contribution in [0.15, 0.2) is 10.9 Å². The lowest BCUT2D eigenvalue weighted by Gasteiger charge is -2.17. The molecule has 0 saturated heterocycles. The number of nitrogens with one attached hydrogen (secondary N) is 1. The molecule has 84 valence electrons. The van der Waals surface area contributed by atoms with Gasteiger partial charge in [-0.15, -0.1) is 0 Å². The molecule has 0 aromatic carbocycles. The average Bonchev–Trinajstić information content (AvgIpc) is 2.17. The number of hydrogen-bond acceptors (Lipinski definition) is 3. The molecule has 0 spiro atoms. The van der Waals surface area contributed by atoms with E-state index in [1.807, 2.05) is 20.9 Å². The Morgan fingerprint density at radius 1 is 1.53 bits per heavy atom. The third-order valence-corrected chi connectivity index (χ3v) is 2.63. The standard InChI is InChI=1S/C11H19N3O/c1-5-10(12-4)7-14-9(3)13-8(2)6-11(14)15/h6,10,12H,5,7H2,1-4H3. The Balaban J connectivity index is 2.99. The fourth-order valence-electron chi connectivity index (χ4n) is 1.63. The Morgan fingerprint density at radius 2 is 2.20 bits per heavy atom. The van der Waals surface area contributed by atoms with Gasteiger partial charge in [0.05, 0.1) is 0 Å². The Kier molecular flexibility index (Phi) is 4.03. The van der Waals surface area contributed by atoms with Crippen LogP contribution < -0.4 is 10.9 Å². The van der Waals surface area contributed by atoms with E-state index in [0.29, 0.717) is 12.6 Å². The summed E-state index contributed by atoms with van der Waals surface area (Å²) in [5.74, 6) is 0.786. The van der Waals surface area contributed by atoms with Crippen LogP contribution in [-0.4, -0.2) is 22.6 Å². The first-order valence-electron chi connectivity index (χ1n) is 5.30. The van der Waals surface area contributed by atoms with E-state index in [9.17, 15) is 4.79 Å². The first kappa shape index (κ1) is 11.9. The van der Waals surface area contributed by atoms with Gasteiger partial charge in [0, 0.05) is 24.3 Å². The molecule has 4 heteroatoms. The molecule has 0 amide bonds. The zero-order valence-electron chi connectivity index (χ0n) is 9.87. The highest BCUT2D eigenvalue weighted by molar-refractivity contribution is 5.01. The van der Waals surface area contributed by atoms with Crippen molar-refractivity contribution in [1.29, 1.82) is 0 Å². The van der Waals surface area contributed by atoms with Crippen LogP contribution in [0.3, 0.4) is 0 Å². The SMILES string of the molecule is CCC(Cn1c(C)nc(C)cc1=O)NC. The van der Waals surface area contributed by atoms with Gasteiger partial charge in [0.2, 0.25) is 0 Å². The van der Waals surface area contributed by atoms with Crippen molar-refractivity contribution in [3.8, 4) is 0 Å². The van der Waals surface area contributed by atoms with Crippen LogP contribution in [0.2, 0.25) is 0 Å². The molecule has 0 radical (unpaired) electrons. The average molecular weight is 209 g/mol. The monoisotopic (exact) mass is 209 g/mol. The summed E-state index contributed by atoms with van der Waals surface area (Å²) in [6.07, 6.45) is 0.996. The van der Waals surface area contributed by atoms with Crippen molar-refractivity contribution in [1.82, 2.24) is 14.9 Å². The van der Waals surface area contributed by atoms with Crippen LogP contribution in [0.25, 0.3) is 0 Å². The predicted molar refractivity (Wildman–Crippen MR) is 61.1 cm³/mol. The quantitative estimate of drug-likeness (QED) is 0.800. The molecule has 1 atom stereocenters. The summed E-state index contributed by atoms with van der Waals surface area (Å²) in [5.41, 5.74) is 0.819. The van der Waals surface area contributed by atoms with Crippen LogP contribution in [0.4, 0.5) is 0 Å². The topological polar surface area (TPSA) is 46.9 Å². The predicted octanol–water partition coefficient (Wildman–Crippen LogP) is 0.858. The highest BCUT2D eigenvalue weighted by Crippen LogP contribution is 1.98. The molecule has 1 aromatic rings.